The minimum atomic E-state index is 0. The Morgan fingerprint density at radius 3 is 2.69 bits per heavy atom. The van der Waals surface area contributed by atoms with Crippen molar-refractivity contribution in [1.29, 1.82) is 0 Å². The number of likely N-dealkylation sites (tertiary alicyclic amines) is 1. The molecular formula is C23H36IN5. The van der Waals surface area contributed by atoms with Crippen LogP contribution in [0.5, 0.6) is 0 Å². The first-order valence-electron chi connectivity index (χ1n) is 10.7. The third-order valence-electron chi connectivity index (χ3n) is 5.76. The zero-order valence-electron chi connectivity index (χ0n) is 18.1. The van der Waals surface area contributed by atoms with Crippen LogP contribution in [-0.2, 0) is 6.54 Å². The Labute approximate surface area is 193 Å². The number of nitrogens with one attached hydrogen (secondary N) is 1. The SMILES string of the molecule is CCNC(=NCCCCn1ccnc1C)N1CCC(c2ccccc2)C(C)C1.I. The van der Waals surface area contributed by atoms with Crippen molar-refractivity contribution >= 4 is 29.9 Å². The van der Waals surface area contributed by atoms with E-state index in [9.17, 15) is 0 Å². The summed E-state index contributed by atoms with van der Waals surface area (Å²) < 4.78 is 2.21. The van der Waals surface area contributed by atoms with Crippen LogP contribution in [-0.4, -0.2) is 46.6 Å². The molecule has 2 unspecified atom stereocenters. The number of benzene rings is 1. The van der Waals surface area contributed by atoms with Crippen molar-refractivity contribution in [3.8, 4) is 0 Å². The van der Waals surface area contributed by atoms with Gasteiger partial charge in [0.05, 0.1) is 0 Å². The molecule has 160 valence electrons. The van der Waals surface area contributed by atoms with Gasteiger partial charge in [-0.15, -0.1) is 24.0 Å². The number of rotatable bonds is 7. The van der Waals surface area contributed by atoms with Crippen molar-refractivity contribution in [3.63, 3.8) is 0 Å². The summed E-state index contributed by atoms with van der Waals surface area (Å²) in [5.41, 5.74) is 1.48. The second-order valence-electron chi connectivity index (χ2n) is 7.84. The molecule has 2 aromatic rings. The quantitative estimate of drug-likeness (QED) is 0.255. The fourth-order valence-corrected chi connectivity index (χ4v) is 4.18. The van der Waals surface area contributed by atoms with Gasteiger partial charge in [-0.05, 0) is 50.5 Å². The molecule has 0 aliphatic carbocycles. The van der Waals surface area contributed by atoms with Crippen LogP contribution in [0, 0.1) is 12.8 Å². The van der Waals surface area contributed by atoms with Crippen LogP contribution in [0.25, 0.3) is 0 Å². The van der Waals surface area contributed by atoms with E-state index < -0.39 is 0 Å². The molecule has 5 nitrogen and oxygen atoms in total. The summed E-state index contributed by atoms with van der Waals surface area (Å²) in [7, 11) is 0. The van der Waals surface area contributed by atoms with E-state index in [1.807, 2.05) is 6.20 Å². The highest BCUT2D eigenvalue weighted by atomic mass is 127. The number of unbranched alkanes of at least 4 members (excludes halogenated alkanes) is 1. The normalized spacial score (nSPS) is 19.7. The van der Waals surface area contributed by atoms with Crippen LogP contribution in [0.4, 0.5) is 0 Å². The van der Waals surface area contributed by atoms with Crippen molar-refractivity contribution in [2.24, 2.45) is 10.9 Å². The molecule has 29 heavy (non-hydrogen) atoms. The van der Waals surface area contributed by atoms with Crippen LogP contribution >= 0.6 is 24.0 Å². The second kappa shape index (κ2) is 12.2. The third kappa shape index (κ3) is 6.73. The maximum absolute atomic E-state index is 4.92. The fourth-order valence-electron chi connectivity index (χ4n) is 4.18. The Balaban J connectivity index is 0.00000300. The standard InChI is InChI=1S/C23H35N5.HI/c1-4-24-23(26-13-8-9-15-27-17-14-25-20(27)3)28-16-12-22(19(2)18-28)21-10-6-5-7-11-21;/h5-7,10-11,14,17,19,22H,4,8-9,12-13,15-16,18H2,1-3H3,(H,24,26);1H. The van der Waals surface area contributed by atoms with Crippen LogP contribution in [0.15, 0.2) is 47.7 Å². The molecule has 1 saturated heterocycles. The zero-order valence-corrected chi connectivity index (χ0v) is 20.4. The maximum Gasteiger partial charge on any atom is 0.193 e. The molecule has 0 amide bonds. The van der Waals surface area contributed by atoms with Gasteiger partial charge in [0.2, 0.25) is 0 Å². The number of aliphatic imine (C=N–C) groups is 1. The first kappa shape index (κ1) is 23.7. The lowest BCUT2D eigenvalue weighted by molar-refractivity contribution is 0.234. The summed E-state index contributed by atoms with van der Waals surface area (Å²) in [4.78, 5) is 11.7. The molecule has 2 atom stereocenters. The molecule has 1 N–H and O–H groups in total. The van der Waals surface area contributed by atoms with E-state index in [4.69, 9.17) is 4.99 Å². The smallest absolute Gasteiger partial charge is 0.193 e. The van der Waals surface area contributed by atoms with Crippen LogP contribution in [0.1, 0.15) is 50.4 Å². The third-order valence-corrected chi connectivity index (χ3v) is 5.76. The molecule has 3 rings (SSSR count). The van der Waals surface area contributed by atoms with Gasteiger partial charge in [0.1, 0.15) is 5.82 Å². The molecule has 1 aromatic carbocycles. The Kier molecular flexibility index (Phi) is 9.97. The van der Waals surface area contributed by atoms with Crippen LogP contribution in [0.2, 0.25) is 0 Å². The van der Waals surface area contributed by atoms with E-state index in [1.54, 1.807) is 0 Å². The second-order valence-corrected chi connectivity index (χ2v) is 7.84. The first-order valence-corrected chi connectivity index (χ1v) is 10.7. The number of hydrogen-bond acceptors (Lipinski definition) is 2. The summed E-state index contributed by atoms with van der Waals surface area (Å²) in [5.74, 6) is 3.45. The monoisotopic (exact) mass is 509 g/mol. The zero-order chi connectivity index (χ0) is 19.8. The predicted molar refractivity (Wildman–Crippen MR) is 132 cm³/mol. The summed E-state index contributed by atoms with van der Waals surface area (Å²) >= 11 is 0. The molecule has 0 spiro atoms. The molecule has 0 radical (unpaired) electrons. The van der Waals surface area contributed by atoms with E-state index in [0.717, 1.165) is 57.3 Å². The van der Waals surface area contributed by atoms with Crippen LogP contribution in [0.3, 0.4) is 0 Å². The van der Waals surface area contributed by atoms with Gasteiger partial charge in [-0.3, -0.25) is 4.99 Å². The van der Waals surface area contributed by atoms with Gasteiger partial charge in [-0.2, -0.15) is 0 Å². The summed E-state index contributed by atoms with van der Waals surface area (Å²) in [6.45, 7) is 11.5. The molecular weight excluding hydrogens is 473 g/mol. The van der Waals surface area contributed by atoms with Crippen molar-refractivity contribution < 1.29 is 0 Å². The minimum absolute atomic E-state index is 0. The Morgan fingerprint density at radius 1 is 1.24 bits per heavy atom. The largest absolute Gasteiger partial charge is 0.357 e. The van der Waals surface area contributed by atoms with Crippen LogP contribution < -0.4 is 5.32 Å². The average Bonchev–Trinajstić information content (AvgIpc) is 3.12. The van der Waals surface area contributed by atoms with Crippen molar-refractivity contribution in [2.45, 2.75) is 52.5 Å². The first-order chi connectivity index (χ1) is 13.7. The number of aromatic nitrogens is 2. The molecule has 2 heterocycles. The Hall–Kier alpha value is -1.57. The highest BCUT2D eigenvalue weighted by molar-refractivity contribution is 14.0. The molecule has 1 fully saturated rings. The lowest BCUT2D eigenvalue weighted by atomic mass is 9.82. The lowest BCUT2D eigenvalue weighted by Crippen LogP contribution is -2.48. The number of piperidine rings is 1. The van der Waals surface area contributed by atoms with E-state index in [2.05, 4.69) is 77.1 Å². The highest BCUT2D eigenvalue weighted by Gasteiger charge is 2.28. The van der Waals surface area contributed by atoms with Gasteiger partial charge in [0.15, 0.2) is 5.96 Å². The van der Waals surface area contributed by atoms with Gasteiger partial charge in [0.25, 0.3) is 0 Å². The molecule has 0 bridgehead atoms. The van der Waals surface area contributed by atoms with Crippen molar-refractivity contribution in [2.75, 3.05) is 26.2 Å². The average molecular weight is 509 g/mol. The van der Waals surface area contributed by atoms with Gasteiger partial charge in [-0.1, -0.05) is 37.3 Å². The Bertz CT molecular complexity index is 743. The topological polar surface area (TPSA) is 45.5 Å². The van der Waals surface area contributed by atoms with Crippen molar-refractivity contribution in [1.82, 2.24) is 19.8 Å². The summed E-state index contributed by atoms with van der Waals surface area (Å²) in [6.07, 6.45) is 7.35. The molecule has 1 aliphatic rings. The molecule has 6 heteroatoms. The van der Waals surface area contributed by atoms with E-state index in [0.29, 0.717) is 11.8 Å². The van der Waals surface area contributed by atoms with Gasteiger partial charge < -0.3 is 14.8 Å². The van der Waals surface area contributed by atoms with Gasteiger partial charge in [-0.25, -0.2) is 4.98 Å². The van der Waals surface area contributed by atoms with E-state index in [1.165, 1.54) is 12.0 Å². The van der Waals surface area contributed by atoms with E-state index >= 15 is 0 Å². The minimum Gasteiger partial charge on any atom is -0.357 e. The van der Waals surface area contributed by atoms with E-state index in [-0.39, 0.29) is 24.0 Å². The number of halogens is 1. The number of guanidine groups is 1. The van der Waals surface area contributed by atoms with Crippen molar-refractivity contribution in [3.05, 3.63) is 54.1 Å². The fraction of sp³-hybridized carbons (Fsp3) is 0.565. The highest BCUT2D eigenvalue weighted by Crippen LogP contribution is 2.32. The lowest BCUT2D eigenvalue weighted by Gasteiger charge is -2.39. The van der Waals surface area contributed by atoms with Gasteiger partial charge in [0, 0.05) is 45.1 Å². The number of aryl methyl sites for hydroxylation is 2. The molecule has 0 saturated carbocycles. The van der Waals surface area contributed by atoms with Gasteiger partial charge >= 0.3 is 0 Å². The number of imidazole rings is 1. The maximum atomic E-state index is 4.92. The Morgan fingerprint density at radius 2 is 2.03 bits per heavy atom. The number of nitrogens with zero attached hydrogens (tertiary/aromatic N) is 4. The number of hydrogen-bond donors (Lipinski definition) is 1. The molecule has 1 aliphatic heterocycles. The summed E-state index contributed by atoms with van der Waals surface area (Å²) in [6, 6.07) is 11.0. The summed E-state index contributed by atoms with van der Waals surface area (Å²) in [5, 5.41) is 3.50. The molecule has 1 aromatic heterocycles. The predicted octanol–water partition coefficient (Wildman–Crippen LogP) is 4.68.